The number of nitrogens with one attached hydrogen (secondary N) is 2. The standard InChI is InChI=1S/C32H30N4O4/c1-40-23-16-12-19(13-17-23)29-28-25(24-8-4-5-9-26(24)34-28)18-27-31(38)35(32(39)36(27)29)22-14-10-20(11-15-22)30(37)33-21-6-2-3-7-21/h4-5,8-17,21,27,29,34H,2-3,6-7,18H2,1H3,(H,33,37)/t27-,29?/m0/s1. The highest BCUT2D eigenvalue weighted by Gasteiger charge is 2.53. The first-order valence-electron chi connectivity index (χ1n) is 13.8. The molecule has 1 saturated carbocycles. The molecule has 2 atom stereocenters. The summed E-state index contributed by atoms with van der Waals surface area (Å²) >= 11 is 0. The number of hydrogen-bond acceptors (Lipinski definition) is 4. The maximum atomic E-state index is 14.0. The number of rotatable bonds is 5. The van der Waals surface area contributed by atoms with Crippen LogP contribution in [0, 0.1) is 0 Å². The van der Waals surface area contributed by atoms with Crippen molar-refractivity contribution in [2.75, 3.05) is 12.0 Å². The number of para-hydroxylation sites is 1. The highest BCUT2D eigenvalue weighted by atomic mass is 16.5. The summed E-state index contributed by atoms with van der Waals surface area (Å²) in [7, 11) is 1.62. The molecule has 1 unspecified atom stereocenters. The van der Waals surface area contributed by atoms with Crippen molar-refractivity contribution in [3.63, 3.8) is 0 Å². The van der Waals surface area contributed by atoms with Crippen LogP contribution < -0.4 is 15.0 Å². The van der Waals surface area contributed by atoms with E-state index in [0.29, 0.717) is 17.7 Å². The maximum absolute atomic E-state index is 14.0. The molecule has 2 fully saturated rings. The normalized spacial score (nSPS) is 20.6. The number of ether oxygens (including phenoxy) is 1. The van der Waals surface area contributed by atoms with E-state index < -0.39 is 12.1 Å². The number of nitrogens with zero attached hydrogens (tertiary/aromatic N) is 2. The molecule has 3 aliphatic rings. The van der Waals surface area contributed by atoms with Crippen LogP contribution in [0.2, 0.25) is 0 Å². The third kappa shape index (κ3) is 3.86. The Balaban J connectivity index is 1.24. The van der Waals surface area contributed by atoms with E-state index in [0.717, 1.165) is 59.2 Å². The van der Waals surface area contributed by atoms with Gasteiger partial charge in [0.2, 0.25) is 0 Å². The second-order valence-electron chi connectivity index (χ2n) is 10.8. The lowest BCUT2D eigenvalue weighted by molar-refractivity contribution is -0.120. The SMILES string of the molecule is COc1ccc(C2c3[nH]c4ccccc4c3C[C@H]3C(=O)N(c4ccc(C(=O)NC5CCCC5)cc4)C(=O)N23)cc1. The number of anilines is 1. The summed E-state index contributed by atoms with van der Waals surface area (Å²) in [6.45, 7) is 0. The topological polar surface area (TPSA) is 94.7 Å². The molecule has 1 aromatic heterocycles. The van der Waals surface area contributed by atoms with E-state index in [1.54, 1.807) is 36.3 Å². The van der Waals surface area contributed by atoms with Crippen molar-refractivity contribution >= 4 is 34.4 Å². The van der Waals surface area contributed by atoms with Crippen LogP contribution in [-0.2, 0) is 11.2 Å². The molecule has 8 nitrogen and oxygen atoms in total. The third-order valence-electron chi connectivity index (χ3n) is 8.56. The lowest BCUT2D eigenvalue weighted by atomic mass is 9.89. The molecule has 1 aliphatic carbocycles. The van der Waals surface area contributed by atoms with Gasteiger partial charge in [-0.25, -0.2) is 9.69 Å². The average Bonchev–Trinajstić information content (AvgIpc) is 3.69. The van der Waals surface area contributed by atoms with Gasteiger partial charge < -0.3 is 15.0 Å². The van der Waals surface area contributed by atoms with Crippen LogP contribution in [0.3, 0.4) is 0 Å². The van der Waals surface area contributed by atoms with Gasteiger partial charge in [0.05, 0.1) is 12.8 Å². The second kappa shape index (κ2) is 9.55. The first-order valence-corrected chi connectivity index (χ1v) is 13.8. The number of amides is 4. The summed E-state index contributed by atoms with van der Waals surface area (Å²) in [5, 5.41) is 4.15. The summed E-state index contributed by atoms with van der Waals surface area (Å²) in [6, 6.07) is 21.2. The number of fused-ring (bicyclic) bond motifs is 4. The molecule has 0 radical (unpaired) electrons. The van der Waals surface area contributed by atoms with Gasteiger partial charge in [-0.05, 0) is 66.4 Å². The number of aromatic nitrogens is 1. The van der Waals surface area contributed by atoms with E-state index in [9.17, 15) is 14.4 Å². The largest absolute Gasteiger partial charge is 0.497 e. The Morgan fingerprint density at radius 1 is 0.950 bits per heavy atom. The molecule has 4 aromatic rings. The molecule has 3 aromatic carbocycles. The first-order chi connectivity index (χ1) is 19.5. The molecule has 4 amide bonds. The lowest BCUT2D eigenvalue weighted by Gasteiger charge is -2.36. The van der Waals surface area contributed by atoms with Crippen LogP contribution >= 0.6 is 0 Å². The Labute approximate surface area is 231 Å². The fourth-order valence-electron chi connectivity index (χ4n) is 6.55. The third-order valence-corrected chi connectivity index (χ3v) is 8.56. The molecule has 2 aliphatic heterocycles. The number of H-pyrrole nitrogens is 1. The Morgan fingerprint density at radius 2 is 1.68 bits per heavy atom. The van der Waals surface area contributed by atoms with E-state index >= 15 is 0 Å². The number of hydrogen-bond donors (Lipinski definition) is 2. The van der Waals surface area contributed by atoms with Crippen LogP contribution in [0.1, 0.15) is 58.9 Å². The number of aromatic amines is 1. The predicted molar refractivity (Wildman–Crippen MR) is 152 cm³/mol. The molecule has 1 saturated heterocycles. The van der Waals surface area contributed by atoms with Crippen molar-refractivity contribution in [1.82, 2.24) is 15.2 Å². The van der Waals surface area contributed by atoms with Gasteiger partial charge in [0.15, 0.2) is 0 Å². The Kier molecular flexibility index (Phi) is 5.84. The molecule has 0 bridgehead atoms. The highest BCUT2D eigenvalue weighted by Crippen LogP contribution is 2.45. The Bertz CT molecular complexity index is 1620. The molecular formula is C32H30N4O4. The fraction of sp³-hybridized carbons (Fsp3) is 0.281. The van der Waals surface area contributed by atoms with Crippen molar-refractivity contribution in [2.45, 2.75) is 50.2 Å². The van der Waals surface area contributed by atoms with Crippen molar-refractivity contribution in [2.24, 2.45) is 0 Å². The number of carbonyl (C=O) groups is 3. The molecular weight excluding hydrogens is 504 g/mol. The van der Waals surface area contributed by atoms with Gasteiger partial charge in [0.25, 0.3) is 11.8 Å². The minimum absolute atomic E-state index is 0.125. The van der Waals surface area contributed by atoms with E-state index in [1.165, 1.54) is 4.90 Å². The Hall–Kier alpha value is -4.59. The van der Waals surface area contributed by atoms with Crippen molar-refractivity contribution in [3.05, 3.63) is 95.2 Å². The number of methoxy groups -OCH3 is 1. The number of imide groups is 1. The highest BCUT2D eigenvalue weighted by molar-refractivity contribution is 6.22. The van der Waals surface area contributed by atoms with Crippen LogP contribution in [0.25, 0.3) is 10.9 Å². The summed E-state index contributed by atoms with van der Waals surface area (Å²) in [4.78, 5) is 47.2. The van der Waals surface area contributed by atoms with E-state index in [2.05, 4.69) is 16.4 Å². The van der Waals surface area contributed by atoms with Crippen LogP contribution in [0.4, 0.5) is 10.5 Å². The van der Waals surface area contributed by atoms with Gasteiger partial charge in [-0.2, -0.15) is 0 Å². The molecule has 8 heteroatoms. The molecule has 2 N–H and O–H groups in total. The van der Waals surface area contributed by atoms with E-state index in [-0.39, 0.29) is 23.9 Å². The molecule has 3 heterocycles. The van der Waals surface area contributed by atoms with Gasteiger partial charge in [0, 0.05) is 34.6 Å². The molecule has 40 heavy (non-hydrogen) atoms. The molecule has 0 spiro atoms. The molecule has 202 valence electrons. The van der Waals surface area contributed by atoms with Crippen molar-refractivity contribution < 1.29 is 19.1 Å². The van der Waals surface area contributed by atoms with Gasteiger partial charge in [-0.1, -0.05) is 43.2 Å². The zero-order valence-electron chi connectivity index (χ0n) is 22.2. The number of carbonyl (C=O) groups excluding carboxylic acids is 3. The quantitative estimate of drug-likeness (QED) is 0.338. The predicted octanol–water partition coefficient (Wildman–Crippen LogP) is 5.33. The smallest absolute Gasteiger partial charge is 0.332 e. The maximum Gasteiger partial charge on any atom is 0.332 e. The number of benzene rings is 3. The molecule has 7 rings (SSSR count). The lowest BCUT2D eigenvalue weighted by Crippen LogP contribution is -2.44. The summed E-state index contributed by atoms with van der Waals surface area (Å²) in [5.41, 5.74) is 4.83. The summed E-state index contributed by atoms with van der Waals surface area (Å²) in [5.74, 6) is 0.331. The second-order valence-corrected chi connectivity index (χ2v) is 10.8. The summed E-state index contributed by atoms with van der Waals surface area (Å²) in [6.07, 6.45) is 4.71. The summed E-state index contributed by atoms with van der Waals surface area (Å²) < 4.78 is 5.36. The van der Waals surface area contributed by atoms with Crippen molar-refractivity contribution in [1.29, 1.82) is 0 Å². The monoisotopic (exact) mass is 534 g/mol. The van der Waals surface area contributed by atoms with Gasteiger partial charge in [-0.3, -0.25) is 14.5 Å². The van der Waals surface area contributed by atoms with Gasteiger partial charge in [-0.15, -0.1) is 0 Å². The van der Waals surface area contributed by atoms with Gasteiger partial charge in [0.1, 0.15) is 17.8 Å². The number of urea groups is 1. The minimum Gasteiger partial charge on any atom is -0.497 e. The van der Waals surface area contributed by atoms with E-state index in [4.69, 9.17) is 4.74 Å². The van der Waals surface area contributed by atoms with Crippen molar-refractivity contribution in [3.8, 4) is 5.75 Å². The van der Waals surface area contributed by atoms with Crippen LogP contribution in [0.5, 0.6) is 5.75 Å². The Morgan fingerprint density at radius 3 is 2.40 bits per heavy atom. The minimum atomic E-state index is -0.642. The zero-order valence-corrected chi connectivity index (χ0v) is 22.2. The van der Waals surface area contributed by atoms with E-state index in [1.807, 2.05) is 42.5 Å². The fourth-order valence-corrected chi connectivity index (χ4v) is 6.55. The van der Waals surface area contributed by atoms with Crippen LogP contribution in [-0.4, -0.2) is 46.9 Å². The zero-order chi connectivity index (χ0) is 27.4. The first kappa shape index (κ1) is 24.5. The van der Waals surface area contributed by atoms with Gasteiger partial charge >= 0.3 is 6.03 Å². The van der Waals surface area contributed by atoms with Crippen LogP contribution in [0.15, 0.2) is 72.8 Å². The average molecular weight is 535 g/mol.